The first kappa shape index (κ1) is 12.8. The van der Waals surface area contributed by atoms with Gasteiger partial charge in [0, 0.05) is 12.2 Å². The summed E-state index contributed by atoms with van der Waals surface area (Å²) in [5, 5.41) is 0.806. The van der Waals surface area contributed by atoms with E-state index in [1.54, 1.807) is 28.1 Å². The van der Waals surface area contributed by atoms with Crippen molar-refractivity contribution < 1.29 is 0 Å². The lowest BCUT2D eigenvalue weighted by molar-refractivity contribution is 0.740. The number of para-hydroxylation sites is 1. The molecule has 2 heterocycles. The molecule has 0 amide bonds. The van der Waals surface area contributed by atoms with E-state index in [2.05, 4.69) is 11.9 Å². The number of aromatic nitrogens is 2. The maximum Gasteiger partial charge on any atom is 0.272 e. The average molecular weight is 290 g/mol. The first-order valence-corrected chi connectivity index (χ1v) is 8.25. The van der Waals surface area contributed by atoms with Crippen LogP contribution in [0.1, 0.15) is 12.6 Å². The number of fused-ring (bicyclic) bond motifs is 1. The zero-order chi connectivity index (χ0) is 13.2. The van der Waals surface area contributed by atoms with E-state index in [0.29, 0.717) is 0 Å². The number of aryl methyl sites for hydroxylation is 1. The van der Waals surface area contributed by atoms with Crippen molar-refractivity contribution in [3.63, 3.8) is 0 Å². The molecular weight excluding hydrogens is 276 g/mol. The van der Waals surface area contributed by atoms with Crippen molar-refractivity contribution in [2.75, 3.05) is 11.5 Å². The Morgan fingerprint density at radius 2 is 2.16 bits per heavy atom. The Hall–Kier alpha value is -1.20. The molecule has 0 bridgehead atoms. The molecule has 3 rings (SSSR count). The fraction of sp³-hybridized carbons (Fsp3) is 0.286. The third kappa shape index (κ3) is 2.32. The average Bonchev–Trinajstić information content (AvgIpc) is 2.89. The predicted molar refractivity (Wildman–Crippen MR) is 80.7 cm³/mol. The van der Waals surface area contributed by atoms with E-state index < -0.39 is 0 Å². The molecule has 1 aliphatic rings. The molecule has 5 heteroatoms. The van der Waals surface area contributed by atoms with Gasteiger partial charge in [-0.2, -0.15) is 0 Å². The van der Waals surface area contributed by atoms with Gasteiger partial charge in [0.25, 0.3) is 5.56 Å². The van der Waals surface area contributed by atoms with Crippen LogP contribution in [-0.2, 0) is 6.42 Å². The minimum Gasteiger partial charge on any atom is -0.268 e. The molecular formula is C14H14N2OS2. The molecule has 0 fully saturated rings. The van der Waals surface area contributed by atoms with Crippen LogP contribution in [0.15, 0.2) is 45.2 Å². The number of thioether (sulfide) groups is 2. The topological polar surface area (TPSA) is 34.9 Å². The Morgan fingerprint density at radius 1 is 1.37 bits per heavy atom. The fourth-order valence-corrected chi connectivity index (χ4v) is 3.90. The lowest BCUT2D eigenvalue weighted by Crippen LogP contribution is -2.23. The van der Waals surface area contributed by atoms with Crippen LogP contribution >= 0.6 is 23.5 Å². The Bertz CT molecular complexity index is 652. The molecule has 0 spiro atoms. The maximum atomic E-state index is 12.6. The third-order valence-electron chi connectivity index (χ3n) is 2.95. The lowest BCUT2D eigenvalue weighted by Gasteiger charge is -2.12. The molecule has 1 aliphatic heterocycles. The van der Waals surface area contributed by atoms with E-state index in [0.717, 1.165) is 39.4 Å². The summed E-state index contributed by atoms with van der Waals surface area (Å²) in [5.41, 5.74) is 1.94. The maximum absolute atomic E-state index is 12.6. The highest BCUT2D eigenvalue weighted by Gasteiger charge is 2.22. The van der Waals surface area contributed by atoms with Gasteiger partial charge in [-0.1, -0.05) is 36.9 Å². The highest BCUT2D eigenvalue weighted by atomic mass is 32.2. The molecule has 0 saturated heterocycles. The summed E-state index contributed by atoms with van der Waals surface area (Å²) in [6.45, 7) is 2.08. The Kier molecular flexibility index (Phi) is 3.66. The van der Waals surface area contributed by atoms with Gasteiger partial charge >= 0.3 is 0 Å². The smallest absolute Gasteiger partial charge is 0.268 e. The second-order valence-electron chi connectivity index (χ2n) is 4.18. The van der Waals surface area contributed by atoms with Crippen LogP contribution in [-0.4, -0.2) is 21.1 Å². The molecule has 1 aromatic carbocycles. The predicted octanol–water partition coefficient (Wildman–Crippen LogP) is 2.99. The summed E-state index contributed by atoms with van der Waals surface area (Å²) in [5.74, 6) is 1.87. The fourth-order valence-electron chi connectivity index (χ4n) is 2.12. The van der Waals surface area contributed by atoms with Crippen molar-refractivity contribution in [2.45, 2.75) is 23.4 Å². The van der Waals surface area contributed by atoms with Gasteiger partial charge < -0.3 is 0 Å². The van der Waals surface area contributed by atoms with Crippen LogP contribution in [0.4, 0.5) is 0 Å². The Morgan fingerprint density at radius 3 is 2.89 bits per heavy atom. The van der Waals surface area contributed by atoms with Gasteiger partial charge in [-0.15, -0.1) is 11.8 Å². The van der Waals surface area contributed by atoms with Crippen molar-refractivity contribution in [2.24, 2.45) is 0 Å². The van der Waals surface area contributed by atoms with Gasteiger partial charge in [-0.3, -0.25) is 9.36 Å². The molecule has 3 nitrogen and oxygen atoms in total. The summed E-state index contributed by atoms with van der Waals surface area (Å²) >= 11 is 3.24. The number of rotatable bonds is 3. The SMILES string of the molecule is CCSc1nc2c(c(=O)n1-c1ccccc1)SCC2. The van der Waals surface area contributed by atoms with Crippen LogP contribution in [0.5, 0.6) is 0 Å². The van der Waals surface area contributed by atoms with Gasteiger partial charge in [0.2, 0.25) is 0 Å². The molecule has 0 unspecified atom stereocenters. The van der Waals surface area contributed by atoms with Gasteiger partial charge in [-0.05, 0) is 17.9 Å². The van der Waals surface area contributed by atoms with Crippen LogP contribution in [0, 0.1) is 0 Å². The number of hydrogen-bond donors (Lipinski definition) is 0. The summed E-state index contributed by atoms with van der Waals surface area (Å²) in [4.78, 5) is 18.2. The van der Waals surface area contributed by atoms with Crippen molar-refractivity contribution in [3.8, 4) is 5.69 Å². The second kappa shape index (κ2) is 5.43. The van der Waals surface area contributed by atoms with Gasteiger partial charge in [0.05, 0.1) is 16.3 Å². The molecule has 0 aliphatic carbocycles. The van der Waals surface area contributed by atoms with E-state index in [4.69, 9.17) is 0 Å². The minimum atomic E-state index is 0.0784. The molecule has 0 saturated carbocycles. The van der Waals surface area contributed by atoms with E-state index in [1.807, 2.05) is 30.3 Å². The van der Waals surface area contributed by atoms with Crippen molar-refractivity contribution in [1.82, 2.24) is 9.55 Å². The molecule has 19 heavy (non-hydrogen) atoms. The van der Waals surface area contributed by atoms with Crippen molar-refractivity contribution in [1.29, 1.82) is 0 Å². The molecule has 0 N–H and O–H groups in total. The minimum absolute atomic E-state index is 0.0784. The monoisotopic (exact) mass is 290 g/mol. The summed E-state index contributed by atoms with van der Waals surface area (Å²) in [7, 11) is 0. The van der Waals surface area contributed by atoms with Crippen LogP contribution < -0.4 is 5.56 Å². The summed E-state index contributed by atoms with van der Waals surface area (Å²) in [6, 6.07) is 9.76. The van der Waals surface area contributed by atoms with Gasteiger partial charge in [0.1, 0.15) is 0 Å². The Labute approximate surface area is 120 Å². The van der Waals surface area contributed by atoms with Crippen LogP contribution in [0.25, 0.3) is 5.69 Å². The van der Waals surface area contributed by atoms with Gasteiger partial charge in [0.15, 0.2) is 5.16 Å². The van der Waals surface area contributed by atoms with Crippen molar-refractivity contribution in [3.05, 3.63) is 46.4 Å². The van der Waals surface area contributed by atoms with E-state index in [1.165, 1.54) is 0 Å². The van der Waals surface area contributed by atoms with Crippen LogP contribution in [0.2, 0.25) is 0 Å². The second-order valence-corrected chi connectivity index (χ2v) is 6.51. The highest BCUT2D eigenvalue weighted by Crippen LogP contribution is 2.29. The summed E-state index contributed by atoms with van der Waals surface area (Å²) in [6.07, 6.45) is 0.905. The van der Waals surface area contributed by atoms with E-state index >= 15 is 0 Å². The van der Waals surface area contributed by atoms with Crippen molar-refractivity contribution >= 4 is 23.5 Å². The summed E-state index contributed by atoms with van der Waals surface area (Å²) < 4.78 is 1.74. The quantitative estimate of drug-likeness (QED) is 0.643. The number of hydrogen-bond acceptors (Lipinski definition) is 4. The normalized spacial score (nSPS) is 13.5. The zero-order valence-corrected chi connectivity index (χ0v) is 12.3. The third-order valence-corrected chi connectivity index (χ3v) is 4.88. The number of nitrogens with zero attached hydrogens (tertiary/aromatic N) is 2. The molecule has 0 atom stereocenters. The lowest BCUT2D eigenvalue weighted by atomic mass is 10.3. The Balaban J connectivity index is 2.25. The highest BCUT2D eigenvalue weighted by molar-refractivity contribution is 7.99. The standard InChI is InChI=1S/C14H14N2OS2/c1-2-18-14-15-11-8-9-19-12(11)13(17)16(14)10-6-4-3-5-7-10/h3-7H,2,8-9H2,1H3. The first-order chi connectivity index (χ1) is 9.31. The molecule has 1 aromatic heterocycles. The molecule has 98 valence electrons. The molecule has 0 radical (unpaired) electrons. The molecule has 2 aromatic rings. The van der Waals surface area contributed by atoms with E-state index in [9.17, 15) is 4.79 Å². The number of benzene rings is 1. The van der Waals surface area contributed by atoms with E-state index in [-0.39, 0.29) is 5.56 Å². The zero-order valence-electron chi connectivity index (χ0n) is 10.6. The van der Waals surface area contributed by atoms with Crippen LogP contribution in [0.3, 0.4) is 0 Å². The largest absolute Gasteiger partial charge is 0.272 e. The first-order valence-electron chi connectivity index (χ1n) is 6.28. The van der Waals surface area contributed by atoms with Gasteiger partial charge in [-0.25, -0.2) is 4.98 Å².